The van der Waals surface area contributed by atoms with E-state index in [0.717, 1.165) is 0 Å². The van der Waals surface area contributed by atoms with Gasteiger partial charge in [0, 0.05) is 6.07 Å². The molecule has 0 aliphatic heterocycles. The minimum Gasteiger partial charge on any atom is -0.508 e. The van der Waals surface area contributed by atoms with Gasteiger partial charge in [0.15, 0.2) is 0 Å². The van der Waals surface area contributed by atoms with Crippen LogP contribution in [-0.4, -0.2) is 15.1 Å². The fraction of sp³-hybridized carbons (Fsp3) is 0.0909. The van der Waals surface area contributed by atoms with Crippen LogP contribution >= 0.6 is 0 Å². The first-order valence-corrected chi connectivity index (χ1v) is 5.24. The van der Waals surface area contributed by atoms with Gasteiger partial charge in [-0.3, -0.25) is 0 Å². The van der Waals surface area contributed by atoms with Gasteiger partial charge in [0.25, 0.3) is 0 Å². The van der Waals surface area contributed by atoms with Crippen molar-refractivity contribution in [3.05, 3.63) is 36.3 Å². The Hall–Kier alpha value is -2.54. The lowest BCUT2D eigenvalue weighted by molar-refractivity contribution is 0.475. The third kappa shape index (κ3) is 2.41. The summed E-state index contributed by atoms with van der Waals surface area (Å²) in [6.45, 7) is 0.266. The van der Waals surface area contributed by atoms with E-state index in [0.29, 0.717) is 17.1 Å². The molecule has 0 aliphatic carbocycles. The number of aromatic hydroxyl groups is 1. The minimum absolute atomic E-state index is 0.137. The predicted octanol–water partition coefficient (Wildman–Crippen LogP) is 0.227. The molecular formula is C11H14N6O. The van der Waals surface area contributed by atoms with Gasteiger partial charge >= 0.3 is 0 Å². The van der Waals surface area contributed by atoms with Gasteiger partial charge in [-0.2, -0.15) is 0 Å². The Morgan fingerprint density at radius 1 is 1.22 bits per heavy atom. The van der Waals surface area contributed by atoms with Crippen LogP contribution in [0.3, 0.4) is 0 Å². The molecule has 1 aromatic heterocycles. The monoisotopic (exact) mass is 246 g/mol. The van der Waals surface area contributed by atoms with Gasteiger partial charge in [0.1, 0.15) is 17.9 Å². The Morgan fingerprint density at radius 2 is 2.00 bits per heavy atom. The van der Waals surface area contributed by atoms with Crippen molar-refractivity contribution < 1.29 is 5.11 Å². The van der Waals surface area contributed by atoms with E-state index in [1.54, 1.807) is 24.3 Å². The summed E-state index contributed by atoms with van der Waals surface area (Å²) < 4.78 is 0. The van der Waals surface area contributed by atoms with Crippen molar-refractivity contribution in [3.63, 3.8) is 0 Å². The lowest BCUT2D eigenvalue weighted by Gasteiger charge is -2.19. The van der Waals surface area contributed by atoms with Crippen LogP contribution in [0.4, 0.5) is 17.2 Å². The average Bonchev–Trinajstić information content (AvgIpc) is 2.35. The van der Waals surface area contributed by atoms with Crippen molar-refractivity contribution in [2.24, 2.45) is 5.84 Å². The molecule has 2 aromatic rings. The number of benzene rings is 1. The van der Waals surface area contributed by atoms with E-state index >= 15 is 0 Å². The van der Waals surface area contributed by atoms with Gasteiger partial charge in [-0.1, -0.05) is 6.07 Å². The number of hydrazine groups is 1. The zero-order chi connectivity index (χ0) is 13.1. The second-order valence-corrected chi connectivity index (χ2v) is 3.77. The number of anilines is 3. The minimum atomic E-state index is 0.137. The van der Waals surface area contributed by atoms with Gasteiger partial charge in [-0.05, 0) is 12.1 Å². The van der Waals surface area contributed by atoms with Gasteiger partial charge in [-0.25, -0.2) is 15.8 Å². The molecule has 0 saturated heterocycles. The van der Waals surface area contributed by atoms with Gasteiger partial charge in [-0.15, -0.1) is 0 Å². The third-order valence-electron chi connectivity index (χ3n) is 2.48. The number of hydrogen-bond donors (Lipinski definition) is 4. The largest absolute Gasteiger partial charge is 0.508 e. The Balaban J connectivity index is 2.21. The number of phenolic OH excluding ortho intramolecular Hbond substituents is 1. The second-order valence-electron chi connectivity index (χ2n) is 3.77. The van der Waals surface area contributed by atoms with Crippen molar-refractivity contribution >= 4 is 17.2 Å². The van der Waals surface area contributed by atoms with Gasteiger partial charge in [0.05, 0.1) is 23.6 Å². The molecule has 2 rings (SSSR count). The maximum absolute atomic E-state index is 9.37. The molecule has 1 heterocycles. The first-order chi connectivity index (χ1) is 8.58. The summed E-state index contributed by atoms with van der Waals surface area (Å²) >= 11 is 0. The predicted molar refractivity (Wildman–Crippen MR) is 69.3 cm³/mol. The van der Waals surface area contributed by atoms with Crippen LogP contribution in [0.5, 0.6) is 5.75 Å². The Kier molecular flexibility index (Phi) is 3.16. The average molecular weight is 246 g/mol. The van der Waals surface area contributed by atoms with Crippen molar-refractivity contribution in [1.29, 1.82) is 0 Å². The summed E-state index contributed by atoms with van der Waals surface area (Å²) in [7, 11) is 0. The number of phenols is 1. The van der Waals surface area contributed by atoms with Crippen molar-refractivity contribution in [2.75, 3.05) is 16.5 Å². The van der Waals surface area contributed by atoms with Crippen molar-refractivity contribution in [1.82, 2.24) is 9.97 Å². The molecule has 94 valence electrons. The molecule has 0 radical (unpaired) electrons. The second kappa shape index (κ2) is 4.76. The van der Waals surface area contributed by atoms with Crippen LogP contribution in [0, 0.1) is 0 Å². The number of rotatable bonds is 3. The highest BCUT2D eigenvalue weighted by molar-refractivity contribution is 5.61. The Bertz CT molecular complexity index is 559. The SMILES string of the molecule is Nc1ncnc(CN(N)c2cccc(O)c2)c1N. The van der Waals surface area contributed by atoms with E-state index in [9.17, 15) is 5.11 Å². The number of hydrogen-bond acceptors (Lipinski definition) is 7. The number of nitrogens with zero attached hydrogens (tertiary/aromatic N) is 3. The fourth-order valence-corrected chi connectivity index (χ4v) is 1.50. The van der Waals surface area contributed by atoms with Crippen molar-refractivity contribution in [3.8, 4) is 5.75 Å². The number of nitrogens with two attached hydrogens (primary N) is 3. The number of aromatic nitrogens is 2. The molecule has 18 heavy (non-hydrogen) atoms. The number of nitrogen functional groups attached to an aromatic ring is 2. The first-order valence-electron chi connectivity index (χ1n) is 5.24. The van der Waals surface area contributed by atoms with Crippen LogP contribution < -0.4 is 22.3 Å². The van der Waals surface area contributed by atoms with E-state index in [1.165, 1.54) is 11.3 Å². The smallest absolute Gasteiger partial charge is 0.150 e. The maximum Gasteiger partial charge on any atom is 0.150 e. The van der Waals surface area contributed by atoms with Crippen molar-refractivity contribution in [2.45, 2.75) is 6.54 Å². The highest BCUT2D eigenvalue weighted by atomic mass is 16.3. The van der Waals surface area contributed by atoms with Crippen LogP contribution in [-0.2, 0) is 6.54 Å². The zero-order valence-electron chi connectivity index (χ0n) is 9.61. The highest BCUT2D eigenvalue weighted by Crippen LogP contribution is 2.21. The molecular weight excluding hydrogens is 232 g/mol. The lowest BCUT2D eigenvalue weighted by Crippen LogP contribution is -2.31. The molecule has 7 nitrogen and oxygen atoms in total. The van der Waals surface area contributed by atoms with Crippen LogP contribution in [0.15, 0.2) is 30.6 Å². The quantitative estimate of drug-likeness (QED) is 0.450. The van der Waals surface area contributed by atoms with Gasteiger partial charge in [0.2, 0.25) is 0 Å². The standard InChI is InChI=1S/C11H14N6O/c12-10-9(15-6-16-11(10)13)5-17(14)7-2-1-3-8(18)4-7/h1-4,6,18H,5,12,14H2,(H2,13,15,16). The molecule has 0 bridgehead atoms. The Morgan fingerprint density at radius 3 is 2.72 bits per heavy atom. The summed E-state index contributed by atoms with van der Waals surface area (Å²) in [6, 6.07) is 6.57. The molecule has 0 atom stereocenters. The summed E-state index contributed by atoms with van der Waals surface area (Å²) in [5.74, 6) is 6.24. The van der Waals surface area contributed by atoms with Crippen LogP contribution in [0.25, 0.3) is 0 Å². The first kappa shape index (κ1) is 11.9. The van der Waals surface area contributed by atoms with Gasteiger partial charge < -0.3 is 21.6 Å². The highest BCUT2D eigenvalue weighted by Gasteiger charge is 2.09. The maximum atomic E-state index is 9.37. The molecule has 7 heteroatoms. The van der Waals surface area contributed by atoms with Crippen LogP contribution in [0.2, 0.25) is 0 Å². The van der Waals surface area contributed by atoms with Crippen LogP contribution in [0.1, 0.15) is 5.69 Å². The summed E-state index contributed by atoms with van der Waals surface area (Å²) in [4.78, 5) is 7.80. The lowest BCUT2D eigenvalue weighted by atomic mass is 10.2. The molecule has 1 aromatic carbocycles. The van der Waals surface area contributed by atoms with E-state index in [-0.39, 0.29) is 18.1 Å². The third-order valence-corrected chi connectivity index (χ3v) is 2.48. The molecule has 0 amide bonds. The van der Waals surface area contributed by atoms with E-state index < -0.39 is 0 Å². The van der Waals surface area contributed by atoms with E-state index in [4.69, 9.17) is 17.3 Å². The van der Waals surface area contributed by atoms with E-state index in [1.807, 2.05) is 0 Å². The normalized spacial score (nSPS) is 10.3. The molecule has 0 aliphatic rings. The Labute approximate surface area is 104 Å². The fourth-order valence-electron chi connectivity index (χ4n) is 1.50. The molecule has 0 fully saturated rings. The molecule has 7 N–H and O–H groups in total. The molecule has 0 unspecified atom stereocenters. The zero-order valence-corrected chi connectivity index (χ0v) is 9.61. The molecule has 0 spiro atoms. The summed E-state index contributed by atoms with van der Waals surface area (Å²) in [6.07, 6.45) is 1.33. The summed E-state index contributed by atoms with van der Waals surface area (Å²) in [5.41, 5.74) is 12.8. The van der Waals surface area contributed by atoms with E-state index in [2.05, 4.69) is 9.97 Å². The summed E-state index contributed by atoms with van der Waals surface area (Å²) in [5, 5.41) is 10.8. The topological polar surface area (TPSA) is 127 Å². The molecule has 0 saturated carbocycles.